The minimum Gasteiger partial charge on any atom is -0.478 e. The van der Waals surface area contributed by atoms with Crippen LogP contribution in [0, 0.1) is 13.8 Å². The van der Waals surface area contributed by atoms with Crippen molar-refractivity contribution in [2.75, 3.05) is 13.1 Å². The second-order valence-corrected chi connectivity index (χ2v) is 6.21. The summed E-state index contributed by atoms with van der Waals surface area (Å²) in [5.41, 5.74) is -0.251. The fourth-order valence-electron chi connectivity index (χ4n) is 2.28. The minimum atomic E-state index is -3.77. The predicted molar refractivity (Wildman–Crippen MR) is 63.1 cm³/mol. The van der Waals surface area contributed by atoms with Crippen molar-refractivity contribution in [1.82, 2.24) is 4.31 Å². The molecule has 1 aromatic rings. The normalized spacial score (nSPS) is 17.2. The van der Waals surface area contributed by atoms with E-state index in [0.29, 0.717) is 13.1 Å². The maximum absolute atomic E-state index is 12.4. The van der Waals surface area contributed by atoms with Crippen molar-refractivity contribution in [2.24, 2.45) is 0 Å². The van der Waals surface area contributed by atoms with Crippen molar-refractivity contribution in [3.63, 3.8) is 0 Å². The van der Waals surface area contributed by atoms with E-state index in [2.05, 4.69) is 0 Å². The molecule has 100 valence electrons. The van der Waals surface area contributed by atoms with Crippen molar-refractivity contribution >= 4 is 16.0 Å². The van der Waals surface area contributed by atoms with Crippen LogP contribution >= 0.6 is 0 Å². The van der Waals surface area contributed by atoms with E-state index < -0.39 is 16.0 Å². The monoisotopic (exact) mass is 273 g/mol. The van der Waals surface area contributed by atoms with Crippen molar-refractivity contribution in [3.8, 4) is 0 Å². The van der Waals surface area contributed by atoms with Gasteiger partial charge in [0.2, 0.25) is 10.0 Å². The quantitative estimate of drug-likeness (QED) is 0.898. The Morgan fingerprint density at radius 1 is 1.22 bits per heavy atom. The molecule has 0 atom stereocenters. The highest BCUT2D eigenvalue weighted by Gasteiger charge is 2.36. The van der Waals surface area contributed by atoms with Crippen molar-refractivity contribution < 1.29 is 22.7 Å². The number of carbonyl (C=O) groups is 1. The van der Waals surface area contributed by atoms with Gasteiger partial charge in [-0.15, -0.1) is 0 Å². The van der Waals surface area contributed by atoms with Crippen molar-refractivity contribution in [3.05, 3.63) is 17.1 Å². The Hall–Kier alpha value is -1.34. The first-order valence-corrected chi connectivity index (χ1v) is 7.13. The van der Waals surface area contributed by atoms with Crippen molar-refractivity contribution in [2.45, 2.75) is 31.6 Å². The highest BCUT2D eigenvalue weighted by Crippen LogP contribution is 2.30. The fraction of sp³-hybridized carbons (Fsp3) is 0.545. The summed E-state index contributed by atoms with van der Waals surface area (Å²) in [4.78, 5) is 11.0. The van der Waals surface area contributed by atoms with Crippen molar-refractivity contribution in [1.29, 1.82) is 0 Å². The highest BCUT2D eigenvalue weighted by atomic mass is 32.2. The zero-order valence-electron chi connectivity index (χ0n) is 10.3. The third-order valence-corrected chi connectivity index (χ3v) is 5.13. The van der Waals surface area contributed by atoms with Crippen LogP contribution in [0.1, 0.15) is 34.7 Å². The van der Waals surface area contributed by atoms with Crippen LogP contribution in [0.4, 0.5) is 0 Å². The number of furan rings is 1. The lowest BCUT2D eigenvalue weighted by molar-refractivity contribution is 0.0691. The summed E-state index contributed by atoms with van der Waals surface area (Å²) in [6.07, 6.45) is 1.61. The van der Waals surface area contributed by atoms with Gasteiger partial charge in [0.15, 0.2) is 0 Å². The zero-order valence-corrected chi connectivity index (χ0v) is 11.1. The van der Waals surface area contributed by atoms with Crippen LogP contribution in [0.3, 0.4) is 0 Å². The molecule has 0 aliphatic carbocycles. The molecule has 0 radical (unpaired) electrons. The van der Waals surface area contributed by atoms with Gasteiger partial charge in [-0.2, -0.15) is 4.31 Å². The summed E-state index contributed by atoms with van der Waals surface area (Å²) in [7, 11) is -3.77. The number of sulfonamides is 1. The Morgan fingerprint density at radius 2 is 1.78 bits per heavy atom. The van der Waals surface area contributed by atoms with E-state index in [4.69, 9.17) is 9.52 Å². The molecule has 0 saturated carbocycles. The van der Waals surface area contributed by atoms with Gasteiger partial charge in [0.25, 0.3) is 0 Å². The number of hydrogen-bond acceptors (Lipinski definition) is 4. The number of aryl methyl sites for hydroxylation is 2. The Morgan fingerprint density at radius 3 is 2.28 bits per heavy atom. The van der Waals surface area contributed by atoms with Crippen LogP contribution < -0.4 is 0 Å². The van der Waals surface area contributed by atoms with Gasteiger partial charge in [0.1, 0.15) is 22.0 Å². The molecule has 6 nitrogen and oxygen atoms in total. The summed E-state index contributed by atoms with van der Waals surface area (Å²) in [6, 6.07) is 0. The Bertz CT molecular complexity index is 581. The maximum Gasteiger partial charge on any atom is 0.340 e. The van der Waals surface area contributed by atoms with Gasteiger partial charge in [0, 0.05) is 13.1 Å². The SMILES string of the molecule is Cc1oc(C)c(S(=O)(=O)N2CCCC2)c1C(=O)O. The number of nitrogens with zero attached hydrogens (tertiary/aromatic N) is 1. The van der Waals surface area contributed by atoms with E-state index in [0.717, 1.165) is 12.8 Å². The largest absolute Gasteiger partial charge is 0.478 e. The molecule has 0 unspecified atom stereocenters. The summed E-state index contributed by atoms with van der Waals surface area (Å²) >= 11 is 0. The van der Waals surface area contributed by atoms with Crippen LogP contribution in [0.5, 0.6) is 0 Å². The van der Waals surface area contributed by atoms with E-state index in [1.807, 2.05) is 0 Å². The average molecular weight is 273 g/mol. The first kappa shape index (κ1) is 13.1. The maximum atomic E-state index is 12.4. The molecule has 1 aliphatic rings. The lowest BCUT2D eigenvalue weighted by Crippen LogP contribution is -2.29. The fourth-order valence-corrected chi connectivity index (χ4v) is 4.17. The van der Waals surface area contributed by atoms with E-state index in [1.165, 1.54) is 18.2 Å². The van der Waals surface area contributed by atoms with Gasteiger partial charge in [-0.05, 0) is 26.7 Å². The highest BCUT2D eigenvalue weighted by molar-refractivity contribution is 7.89. The second-order valence-electron chi connectivity index (χ2n) is 4.33. The number of aromatic carboxylic acids is 1. The predicted octanol–water partition coefficient (Wildman–Crippen LogP) is 1.38. The Kier molecular flexibility index (Phi) is 3.20. The molecule has 1 aromatic heterocycles. The lowest BCUT2D eigenvalue weighted by Gasteiger charge is -2.15. The number of rotatable bonds is 3. The second kappa shape index (κ2) is 4.40. The van der Waals surface area contributed by atoms with Gasteiger partial charge >= 0.3 is 5.97 Å². The first-order valence-electron chi connectivity index (χ1n) is 5.69. The third kappa shape index (κ3) is 1.93. The van der Waals surface area contributed by atoms with Crippen LogP contribution in [-0.4, -0.2) is 36.9 Å². The van der Waals surface area contributed by atoms with E-state index >= 15 is 0 Å². The van der Waals surface area contributed by atoms with Crippen LogP contribution in [0.2, 0.25) is 0 Å². The van der Waals surface area contributed by atoms with Gasteiger partial charge in [-0.3, -0.25) is 0 Å². The van der Waals surface area contributed by atoms with Gasteiger partial charge in [-0.25, -0.2) is 13.2 Å². The minimum absolute atomic E-state index is 0.123. The molecular formula is C11H15NO5S. The summed E-state index contributed by atoms with van der Waals surface area (Å²) < 4.78 is 31.3. The van der Waals surface area contributed by atoms with E-state index in [1.54, 1.807) is 0 Å². The van der Waals surface area contributed by atoms with Crippen LogP contribution in [0.25, 0.3) is 0 Å². The summed E-state index contributed by atoms with van der Waals surface area (Å²) in [5.74, 6) is -1.02. The Labute approximate surface area is 105 Å². The average Bonchev–Trinajstić information content (AvgIpc) is 2.85. The molecule has 2 heterocycles. The molecule has 1 aliphatic heterocycles. The molecule has 7 heteroatoms. The molecule has 18 heavy (non-hydrogen) atoms. The van der Waals surface area contributed by atoms with Crippen LogP contribution in [-0.2, 0) is 10.0 Å². The molecule has 2 rings (SSSR count). The smallest absolute Gasteiger partial charge is 0.340 e. The molecule has 0 spiro atoms. The molecule has 0 bridgehead atoms. The lowest BCUT2D eigenvalue weighted by atomic mass is 10.2. The number of hydrogen-bond donors (Lipinski definition) is 1. The summed E-state index contributed by atoms with van der Waals surface area (Å²) in [6.45, 7) is 3.80. The van der Waals surface area contributed by atoms with E-state index in [9.17, 15) is 13.2 Å². The standard InChI is InChI=1S/C11H15NO5S/c1-7-9(11(13)14)10(8(2)17-7)18(15,16)12-5-3-4-6-12/h3-6H2,1-2H3,(H,13,14). The molecule has 1 fully saturated rings. The summed E-state index contributed by atoms with van der Waals surface area (Å²) in [5, 5.41) is 9.12. The van der Waals surface area contributed by atoms with Gasteiger partial charge in [0.05, 0.1) is 0 Å². The first-order chi connectivity index (χ1) is 8.35. The molecular weight excluding hydrogens is 258 g/mol. The topological polar surface area (TPSA) is 87.8 Å². The Balaban J connectivity index is 2.60. The van der Waals surface area contributed by atoms with Gasteiger partial charge < -0.3 is 9.52 Å². The molecule has 0 amide bonds. The van der Waals surface area contributed by atoms with E-state index in [-0.39, 0.29) is 22.0 Å². The molecule has 1 N–H and O–H groups in total. The molecule has 0 aromatic carbocycles. The third-order valence-electron chi connectivity index (χ3n) is 3.08. The number of carboxylic acids is 1. The zero-order chi connectivity index (χ0) is 13.5. The number of carboxylic acid groups (broad SMARTS) is 1. The van der Waals surface area contributed by atoms with Crippen LogP contribution in [0.15, 0.2) is 9.31 Å². The van der Waals surface area contributed by atoms with Gasteiger partial charge in [-0.1, -0.05) is 0 Å². The molecule has 1 saturated heterocycles.